The van der Waals surface area contributed by atoms with Crippen LogP contribution in [0.5, 0.6) is 0 Å². The first kappa shape index (κ1) is 9.97. The lowest BCUT2D eigenvalue weighted by Crippen LogP contribution is -2.32. The van der Waals surface area contributed by atoms with Gasteiger partial charge in [0.05, 0.1) is 17.9 Å². The Morgan fingerprint density at radius 2 is 2.00 bits per heavy atom. The van der Waals surface area contributed by atoms with Crippen LogP contribution < -0.4 is 11.3 Å². The van der Waals surface area contributed by atoms with Crippen LogP contribution in [0, 0.1) is 29.6 Å². The zero-order chi connectivity index (χ0) is 11.4. The molecule has 1 aromatic heterocycles. The zero-order valence-corrected chi connectivity index (χ0v) is 9.79. The summed E-state index contributed by atoms with van der Waals surface area (Å²) in [5, 5.41) is 0. The summed E-state index contributed by atoms with van der Waals surface area (Å²) in [5.41, 5.74) is 3.98. The molecule has 5 unspecified atom stereocenters. The standard InChI is InChI=1S/C13H18N4/c14-17-13(9-6-15-3-4-16-9)12-10-7-1-2-8(5-7)11(10)12/h3-4,6-8,10-13,17H,1-2,5,14H2. The van der Waals surface area contributed by atoms with Gasteiger partial charge in [-0.25, -0.2) is 0 Å². The molecular formula is C13H18N4. The monoisotopic (exact) mass is 230 g/mol. The van der Waals surface area contributed by atoms with Crippen molar-refractivity contribution in [2.24, 2.45) is 35.4 Å². The van der Waals surface area contributed by atoms with Gasteiger partial charge < -0.3 is 0 Å². The summed E-state index contributed by atoms with van der Waals surface area (Å²) in [7, 11) is 0. The minimum atomic E-state index is 0.210. The van der Waals surface area contributed by atoms with Gasteiger partial charge in [0.15, 0.2) is 0 Å². The van der Waals surface area contributed by atoms with Crippen molar-refractivity contribution in [3.63, 3.8) is 0 Å². The van der Waals surface area contributed by atoms with E-state index in [1.807, 2.05) is 6.20 Å². The molecule has 0 spiro atoms. The molecule has 1 aromatic rings. The summed E-state index contributed by atoms with van der Waals surface area (Å²) in [6.45, 7) is 0. The van der Waals surface area contributed by atoms with Crippen LogP contribution in [0.3, 0.4) is 0 Å². The summed E-state index contributed by atoms with van der Waals surface area (Å²) >= 11 is 0. The lowest BCUT2D eigenvalue weighted by Gasteiger charge is -2.18. The molecule has 4 nitrogen and oxygen atoms in total. The molecule has 5 atom stereocenters. The van der Waals surface area contributed by atoms with Crippen molar-refractivity contribution in [2.75, 3.05) is 0 Å². The minimum Gasteiger partial charge on any atom is -0.271 e. The number of rotatable bonds is 3. The van der Waals surface area contributed by atoms with E-state index in [4.69, 9.17) is 5.84 Å². The fraction of sp³-hybridized carbons (Fsp3) is 0.692. The molecule has 3 aliphatic carbocycles. The molecule has 0 amide bonds. The van der Waals surface area contributed by atoms with E-state index >= 15 is 0 Å². The van der Waals surface area contributed by atoms with E-state index < -0.39 is 0 Å². The van der Waals surface area contributed by atoms with Gasteiger partial charge in [-0.2, -0.15) is 0 Å². The first-order valence-corrected chi connectivity index (χ1v) is 6.62. The van der Waals surface area contributed by atoms with E-state index in [1.165, 1.54) is 19.3 Å². The summed E-state index contributed by atoms with van der Waals surface area (Å²) in [6.07, 6.45) is 9.69. The Morgan fingerprint density at radius 3 is 2.59 bits per heavy atom. The molecule has 90 valence electrons. The van der Waals surface area contributed by atoms with Crippen LogP contribution in [0.2, 0.25) is 0 Å². The van der Waals surface area contributed by atoms with Crippen molar-refractivity contribution < 1.29 is 0 Å². The molecule has 0 saturated heterocycles. The van der Waals surface area contributed by atoms with Gasteiger partial charge >= 0.3 is 0 Å². The molecule has 0 aromatic carbocycles. The molecule has 3 N–H and O–H groups in total. The minimum absolute atomic E-state index is 0.210. The molecule has 4 rings (SSSR count). The third-order valence-corrected chi connectivity index (χ3v) is 5.26. The number of nitrogens with zero attached hydrogens (tertiary/aromatic N) is 2. The Balaban J connectivity index is 1.59. The van der Waals surface area contributed by atoms with E-state index in [0.717, 1.165) is 29.4 Å². The van der Waals surface area contributed by atoms with Gasteiger partial charge in [0.2, 0.25) is 0 Å². The molecule has 2 bridgehead atoms. The maximum Gasteiger partial charge on any atom is 0.0772 e. The van der Waals surface area contributed by atoms with E-state index in [-0.39, 0.29) is 6.04 Å². The Bertz CT molecular complexity index is 405. The highest BCUT2D eigenvalue weighted by Crippen LogP contribution is 2.71. The first-order chi connectivity index (χ1) is 8.40. The molecule has 4 heteroatoms. The molecule has 3 aliphatic rings. The number of nitrogens with one attached hydrogen (secondary N) is 1. The lowest BCUT2D eigenvalue weighted by molar-refractivity contribution is 0.368. The average molecular weight is 230 g/mol. The number of aromatic nitrogens is 2. The fourth-order valence-electron chi connectivity index (χ4n) is 4.70. The molecule has 0 aliphatic heterocycles. The van der Waals surface area contributed by atoms with Crippen LogP contribution >= 0.6 is 0 Å². The van der Waals surface area contributed by atoms with Gasteiger partial charge in [-0.3, -0.25) is 21.2 Å². The van der Waals surface area contributed by atoms with Crippen molar-refractivity contribution >= 4 is 0 Å². The summed E-state index contributed by atoms with van der Waals surface area (Å²) in [4.78, 5) is 8.56. The third kappa shape index (κ3) is 1.31. The SMILES string of the molecule is NNC(c1cnccn1)C1C2C3CCC(C3)C21. The second-order valence-corrected chi connectivity index (χ2v) is 5.84. The van der Waals surface area contributed by atoms with Crippen LogP contribution in [0.15, 0.2) is 18.6 Å². The first-order valence-electron chi connectivity index (χ1n) is 6.62. The van der Waals surface area contributed by atoms with Gasteiger partial charge in [0, 0.05) is 12.4 Å². The molecule has 17 heavy (non-hydrogen) atoms. The van der Waals surface area contributed by atoms with Crippen molar-refractivity contribution in [1.82, 2.24) is 15.4 Å². The number of hydrogen-bond donors (Lipinski definition) is 2. The van der Waals surface area contributed by atoms with Crippen molar-refractivity contribution in [3.05, 3.63) is 24.3 Å². The molecule has 3 fully saturated rings. The van der Waals surface area contributed by atoms with Gasteiger partial charge in [0.25, 0.3) is 0 Å². The van der Waals surface area contributed by atoms with Crippen LogP contribution in [-0.4, -0.2) is 9.97 Å². The van der Waals surface area contributed by atoms with Crippen LogP contribution in [-0.2, 0) is 0 Å². The predicted octanol–water partition coefficient (Wildman–Crippen LogP) is 1.27. The number of fused-ring (bicyclic) bond motifs is 5. The van der Waals surface area contributed by atoms with E-state index in [2.05, 4.69) is 15.4 Å². The van der Waals surface area contributed by atoms with Gasteiger partial charge in [0.1, 0.15) is 0 Å². The fourth-order valence-corrected chi connectivity index (χ4v) is 4.70. The van der Waals surface area contributed by atoms with Gasteiger partial charge in [-0.15, -0.1) is 0 Å². The van der Waals surface area contributed by atoms with Crippen molar-refractivity contribution in [1.29, 1.82) is 0 Å². The quantitative estimate of drug-likeness (QED) is 0.606. The Kier molecular flexibility index (Phi) is 2.05. The van der Waals surface area contributed by atoms with E-state index in [1.54, 1.807) is 12.4 Å². The number of hydrazine groups is 1. The highest BCUT2D eigenvalue weighted by molar-refractivity contribution is 5.19. The van der Waals surface area contributed by atoms with Gasteiger partial charge in [-0.05, 0) is 48.9 Å². The smallest absolute Gasteiger partial charge is 0.0772 e. The van der Waals surface area contributed by atoms with E-state index in [9.17, 15) is 0 Å². The third-order valence-electron chi connectivity index (χ3n) is 5.26. The van der Waals surface area contributed by atoms with E-state index in [0.29, 0.717) is 5.92 Å². The van der Waals surface area contributed by atoms with Crippen LogP contribution in [0.25, 0.3) is 0 Å². The summed E-state index contributed by atoms with van der Waals surface area (Å²) < 4.78 is 0. The zero-order valence-electron chi connectivity index (χ0n) is 9.79. The summed E-state index contributed by atoms with van der Waals surface area (Å²) in [5.74, 6) is 10.2. The Morgan fingerprint density at radius 1 is 1.24 bits per heavy atom. The predicted molar refractivity (Wildman–Crippen MR) is 63.4 cm³/mol. The molecule has 3 saturated carbocycles. The number of hydrogen-bond acceptors (Lipinski definition) is 4. The summed E-state index contributed by atoms with van der Waals surface area (Å²) in [6, 6.07) is 0.210. The average Bonchev–Trinajstić information content (AvgIpc) is 2.81. The molecular weight excluding hydrogens is 212 g/mol. The highest BCUT2D eigenvalue weighted by Gasteiger charge is 2.66. The normalized spacial score (nSPS) is 43.5. The molecule has 0 radical (unpaired) electrons. The second kappa shape index (κ2) is 3.50. The molecule has 1 heterocycles. The number of nitrogens with two attached hydrogens (primary N) is 1. The van der Waals surface area contributed by atoms with Crippen LogP contribution in [0.1, 0.15) is 31.0 Å². The van der Waals surface area contributed by atoms with Crippen molar-refractivity contribution in [3.8, 4) is 0 Å². The van der Waals surface area contributed by atoms with Gasteiger partial charge in [-0.1, -0.05) is 0 Å². The van der Waals surface area contributed by atoms with Crippen molar-refractivity contribution in [2.45, 2.75) is 25.3 Å². The largest absolute Gasteiger partial charge is 0.271 e. The van der Waals surface area contributed by atoms with Crippen LogP contribution in [0.4, 0.5) is 0 Å². The second-order valence-electron chi connectivity index (χ2n) is 5.84. The topological polar surface area (TPSA) is 63.8 Å². The maximum atomic E-state index is 5.74. The maximum absolute atomic E-state index is 5.74. The highest BCUT2D eigenvalue weighted by atomic mass is 15.2. The lowest BCUT2D eigenvalue weighted by atomic mass is 9.96. The Hall–Kier alpha value is -1.00. The Labute approximate surface area is 101 Å².